The Bertz CT molecular complexity index is 896. The summed E-state index contributed by atoms with van der Waals surface area (Å²) in [6, 6.07) is 7.47. The fraction of sp³-hybridized carbons (Fsp3) is 0.720. The number of piperidine rings is 1. The molecule has 0 spiro atoms. The summed E-state index contributed by atoms with van der Waals surface area (Å²) in [4.78, 5) is 13.2. The van der Waals surface area contributed by atoms with E-state index in [0.29, 0.717) is 36.7 Å². The molecule has 2 aliphatic carbocycles. The SMILES string of the molecule is C[C@@H](NC(=O)C1CCN(S(=O)(=O)c2ccc(C(C)(C)C)cc2)CC1)[C@@H]1C[C@H]2CC[C@H]1C2. The highest BCUT2D eigenvalue weighted by atomic mass is 32.2. The van der Waals surface area contributed by atoms with Gasteiger partial charge in [-0.05, 0) is 79.9 Å². The third-order valence-electron chi connectivity index (χ3n) is 7.99. The topological polar surface area (TPSA) is 66.5 Å². The highest BCUT2D eigenvalue weighted by Crippen LogP contribution is 2.49. The number of carbonyl (C=O) groups excluding carboxylic acids is 1. The molecule has 1 aromatic rings. The van der Waals surface area contributed by atoms with Crippen LogP contribution >= 0.6 is 0 Å². The molecule has 172 valence electrons. The van der Waals surface area contributed by atoms with E-state index in [2.05, 4.69) is 33.0 Å². The first-order chi connectivity index (χ1) is 14.6. The van der Waals surface area contributed by atoms with Crippen molar-refractivity contribution in [3.05, 3.63) is 29.8 Å². The molecular formula is C25H38N2O3S. The number of nitrogens with one attached hydrogen (secondary N) is 1. The van der Waals surface area contributed by atoms with Crippen LogP contribution in [0, 0.1) is 23.7 Å². The maximum Gasteiger partial charge on any atom is 0.243 e. The lowest BCUT2D eigenvalue weighted by molar-refractivity contribution is -0.127. The number of rotatable bonds is 5. The van der Waals surface area contributed by atoms with E-state index < -0.39 is 10.0 Å². The standard InChI is InChI=1S/C25H38N2O3S/c1-17(23-16-18-5-6-20(23)15-18)26-24(28)19-11-13-27(14-12-19)31(29,30)22-9-7-21(8-10-22)25(2,3)4/h7-10,17-20,23H,5-6,11-16H2,1-4H3,(H,26,28)/t17-,18+,20+,23+/m1/s1. The maximum absolute atomic E-state index is 13.1. The minimum absolute atomic E-state index is 0.0107. The normalized spacial score (nSPS) is 28.6. The molecule has 3 aliphatic rings. The molecule has 4 rings (SSSR count). The van der Waals surface area contributed by atoms with Gasteiger partial charge in [0.15, 0.2) is 0 Å². The molecule has 1 aromatic carbocycles. The molecule has 1 saturated heterocycles. The second-order valence-corrected chi connectivity index (χ2v) is 13.0. The Labute approximate surface area is 188 Å². The van der Waals surface area contributed by atoms with E-state index in [1.165, 1.54) is 25.7 Å². The largest absolute Gasteiger partial charge is 0.353 e. The number of amides is 1. The summed E-state index contributed by atoms with van der Waals surface area (Å²) < 4.78 is 27.7. The van der Waals surface area contributed by atoms with Crippen LogP contribution in [0.2, 0.25) is 0 Å². The van der Waals surface area contributed by atoms with Gasteiger partial charge >= 0.3 is 0 Å². The van der Waals surface area contributed by atoms with Crippen LogP contribution in [0.5, 0.6) is 0 Å². The third-order valence-corrected chi connectivity index (χ3v) is 9.90. The number of fused-ring (bicyclic) bond motifs is 2. The van der Waals surface area contributed by atoms with E-state index in [9.17, 15) is 13.2 Å². The van der Waals surface area contributed by atoms with Gasteiger partial charge in [0.1, 0.15) is 0 Å². The van der Waals surface area contributed by atoms with Gasteiger partial charge in [0, 0.05) is 25.0 Å². The fourth-order valence-corrected chi connectivity index (χ4v) is 7.46. The predicted molar refractivity (Wildman–Crippen MR) is 123 cm³/mol. The molecule has 5 nitrogen and oxygen atoms in total. The van der Waals surface area contributed by atoms with E-state index in [1.54, 1.807) is 16.4 Å². The van der Waals surface area contributed by atoms with E-state index in [-0.39, 0.29) is 23.3 Å². The van der Waals surface area contributed by atoms with Crippen LogP contribution in [0.15, 0.2) is 29.2 Å². The van der Waals surface area contributed by atoms with Crippen molar-refractivity contribution in [2.45, 2.75) is 82.6 Å². The van der Waals surface area contributed by atoms with Crippen molar-refractivity contribution in [1.82, 2.24) is 9.62 Å². The quantitative estimate of drug-likeness (QED) is 0.732. The molecule has 31 heavy (non-hydrogen) atoms. The molecule has 4 atom stereocenters. The second-order valence-electron chi connectivity index (χ2n) is 11.1. The molecule has 1 heterocycles. The number of hydrogen-bond acceptors (Lipinski definition) is 3. The third kappa shape index (κ3) is 4.70. The van der Waals surface area contributed by atoms with Crippen molar-refractivity contribution in [1.29, 1.82) is 0 Å². The predicted octanol–water partition coefficient (Wildman–Crippen LogP) is 4.33. The first kappa shape index (κ1) is 22.8. The monoisotopic (exact) mass is 446 g/mol. The zero-order valence-corrected chi connectivity index (χ0v) is 20.2. The van der Waals surface area contributed by atoms with Gasteiger partial charge in [-0.25, -0.2) is 8.42 Å². The second kappa shape index (κ2) is 8.51. The van der Waals surface area contributed by atoms with Crippen molar-refractivity contribution in [3.63, 3.8) is 0 Å². The molecule has 0 unspecified atom stereocenters. The van der Waals surface area contributed by atoms with Crippen LogP contribution in [0.4, 0.5) is 0 Å². The molecule has 3 fully saturated rings. The van der Waals surface area contributed by atoms with Crippen molar-refractivity contribution in [2.75, 3.05) is 13.1 Å². The molecule has 1 aliphatic heterocycles. The molecule has 1 N–H and O–H groups in total. The maximum atomic E-state index is 13.1. The Morgan fingerprint density at radius 1 is 1.03 bits per heavy atom. The van der Waals surface area contributed by atoms with Gasteiger partial charge in [-0.1, -0.05) is 39.3 Å². The Morgan fingerprint density at radius 3 is 2.19 bits per heavy atom. The highest BCUT2D eigenvalue weighted by Gasteiger charge is 2.42. The van der Waals surface area contributed by atoms with E-state index in [1.807, 2.05) is 12.1 Å². The fourth-order valence-electron chi connectivity index (χ4n) is 5.99. The zero-order valence-electron chi connectivity index (χ0n) is 19.4. The summed E-state index contributed by atoms with van der Waals surface area (Å²) in [6.45, 7) is 9.32. The summed E-state index contributed by atoms with van der Waals surface area (Å²) in [7, 11) is -3.51. The minimum atomic E-state index is -3.51. The van der Waals surface area contributed by atoms with Crippen LogP contribution in [0.1, 0.15) is 71.8 Å². The van der Waals surface area contributed by atoms with Crippen molar-refractivity contribution in [3.8, 4) is 0 Å². The Kier molecular flexibility index (Phi) is 6.25. The lowest BCUT2D eigenvalue weighted by Crippen LogP contribution is -2.47. The molecule has 0 aromatic heterocycles. The van der Waals surface area contributed by atoms with Crippen molar-refractivity contribution in [2.24, 2.45) is 23.7 Å². The average molecular weight is 447 g/mol. The summed E-state index contributed by atoms with van der Waals surface area (Å²) in [6.07, 6.45) is 6.48. The molecule has 0 radical (unpaired) electrons. The Hall–Kier alpha value is -1.40. The van der Waals surface area contributed by atoms with Gasteiger partial charge in [-0.2, -0.15) is 4.31 Å². The molecular weight excluding hydrogens is 408 g/mol. The smallest absolute Gasteiger partial charge is 0.243 e. The van der Waals surface area contributed by atoms with Gasteiger partial charge in [-0.3, -0.25) is 4.79 Å². The molecule has 2 bridgehead atoms. The first-order valence-electron chi connectivity index (χ1n) is 12.0. The number of benzene rings is 1. The van der Waals surface area contributed by atoms with E-state index >= 15 is 0 Å². The molecule has 6 heteroatoms. The lowest BCUT2D eigenvalue weighted by atomic mass is 9.83. The number of carbonyl (C=O) groups is 1. The van der Waals surface area contributed by atoms with Gasteiger partial charge in [-0.15, -0.1) is 0 Å². The Balaban J connectivity index is 1.32. The van der Waals surface area contributed by atoms with Crippen LogP contribution in [0.25, 0.3) is 0 Å². The average Bonchev–Trinajstić information content (AvgIpc) is 3.37. The van der Waals surface area contributed by atoms with Gasteiger partial charge in [0.25, 0.3) is 0 Å². The van der Waals surface area contributed by atoms with Crippen molar-refractivity contribution < 1.29 is 13.2 Å². The van der Waals surface area contributed by atoms with E-state index in [4.69, 9.17) is 0 Å². The first-order valence-corrected chi connectivity index (χ1v) is 13.4. The Morgan fingerprint density at radius 2 is 1.68 bits per heavy atom. The summed E-state index contributed by atoms with van der Waals surface area (Å²) in [5, 5.41) is 3.28. The van der Waals surface area contributed by atoms with Gasteiger partial charge in [0.05, 0.1) is 4.90 Å². The molecule has 2 saturated carbocycles. The van der Waals surface area contributed by atoms with Crippen molar-refractivity contribution >= 4 is 15.9 Å². The number of sulfonamides is 1. The lowest BCUT2D eigenvalue weighted by Gasteiger charge is -2.33. The summed E-state index contributed by atoms with van der Waals surface area (Å²) >= 11 is 0. The van der Waals surface area contributed by atoms with Crippen LogP contribution in [0.3, 0.4) is 0 Å². The van der Waals surface area contributed by atoms with Gasteiger partial charge in [0.2, 0.25) is 15.9 Å². The van der Waals surface area contributed by atoms with Gasteiger partial charge < -0.3 is 5.32 Å². The minimum Gasteiger partial charge on any atom is -0.353 e. The number of hydrogen-bond donors (Lipinski definition) is 1. The van der Waals surface area contributed by atoms with Crippen LogP contribution < -0.4 is 5.32 Å². The molecule has 1 amide bonds. The number of nitrogens with zero attached hydrogens (tertiary/aromatic N) is 1. The van der Waals surface area contributed by atoms with E-state index in [0.717, 1.165) is 17.4 Å². The highest BCUT2D eigenvalue weighted by molar-refractivity contribution is 7.89. The van der Waals surface area contributed by atoms with Crippen LogP contribution in [-0.4, -0.2) is 37.8 Å². The summed E-state index contributed by atoms with van der Waals surface area (Å²) in [5.41, 5.74) is 1.11. The van der Waals surface area contributed by atoms with Crippen LogP contribution in [-0.2, 0) is 20.2 Å². The zero-order chi connectivity index (χ0) is 22.4. The summed E-state index contributed by atoms with van der Waals surface area (Å²) in [5.74, 6) is 2.31.